The van der Waals surface area contributed by atoms with Crippen LogP contribution in [0, 0.1) is 12.7 Å². The van der Waals surface area contributed by atoms with Gasteiger partial charge in [0.15, 0.2) is 0 Å². The zero-order chi connectivity index (χ0) is 24.5. The molecule has 3 aromatic rings. The number of benzene rings is 2. The van der Waals surface area contributed by atoms with Crippen LogP contribution in [0.2, 0.25) is 0 Å². The lowest BCUT2D eigenvalue weighted by atomic mass is 10.1. The molecule has 1 amide bonds. The number of carbonyl (C=O) groups excluding carboxylic acids is 1. The van der Waals surface area contributed by atoms with Crippen LogP contribution in [0.4, 0.5) is 29.2 Å². The van der Waals surface area contributed by atoms with E-state index in [1.807, 2.05) is 13.0 Å². The SMILES string of the molecule is Cc1nc(N2CCN(C)CC2)nc2ccc(NC(=O)CCc3ccc(C(F)(F)F)cc3F)cc12. The predicted molar refractivity (Wildman–Crippen MR) is 122 cm³/mol. The summed E-state index contributed by atoms with van der Waals surface area (Å²) in [6.07, 6.45) is -4.70. The molecule has 6 nitrogen and oxygen atoms in total. The largest absolute Gasteiger partial charge is 0.416 e. The van der Waals surface area contributed by atoms with Gasteiger partial charge in [0.05, 0.1) is 16.8 Å². The lowest BCUT2D eigenvalue weighted by Gasteiger charge is -2.32. The van der Waals surface area contributed by atoms with Crippen molar-refractivity contribution in [3.05, 3.63) is 59.0 Å². The number of alkyl halides is 3. The minimum Gasteiger partial charge on any atom is -0.338 e. The van der Waals surface area contributed by atoms with E-state index < -0.39 is 17.6 Å². The third kappa shape index (κ3) is 5.44. The molecule has 1 aromatic heterocycles. The van der Waals surface area contributed by atoms with Gasteiger partial charge in [0.1, 0.15) is 5.82 Å². The second-order valence-corrected chi connectivity index (χ2v) is 8.48. The number of hydrogen-bond donors (Lipinski definition) is 1. The first-order valence-electron chi connectivity index (χ1n) is 11.0. The normalized spacial score (nSPS) is 15.1. The van der Waals surface area contributed by atoms with Crippen LogP contribution in [0.1, 0.15) is 23.2 Å². The van der Waals surface area contributed by atoms with Gasteiger partial charge in [-0.1, -0.05) is 6.07 Å². The van der Waals surface area contributed by atoms with Crippen molar-refractivity contribution in [2.45, 2.75) is 25.9 Å². The first-order valence-corrected chi connectivity index (χ1v) is 11.0. The van der Waals surface area contributed by atoms with E-state index in [9.17, 15) is 22.4 Å². The molecule has 0 spiro atoms. The van der Waals surface area contributed by atoms with Crippen LogP contribution in [0.15, 0.2) is 36.4 Å². The number of aryl methyl sites for hydroxylation is 2. The molecule has 0 unspecified atom stereocenters. The van der Waals surface area contributed by atoms with Crippen molar-refractivity contribution < 1.29 is 22.4 Å². The number of likely N-dealkylation sites (N-methyl/N-ethyl adjacent to an activating group) is 1. The maximum atomic E-state index is 14.0. The average molecular weight is 475 g/mol. The van der Waals surface area contributed by atoms with Crippen LogP contribution in [0.5, 0.6) is 0 Å². The number of amides is 1. The quantitative estimate of drug-likeness (QED) is 0.554. The molecule has 0 atom stereocenters. The fourth-order valence-corrected chi connectivity index (χ4v) is 3.89. The topological polar surface area (TPSA) is 61.4 Å². The van der Waals surface area contributed by atoms with Gasteiger partial charge in [-0.25, -0.2) is 14.4 Å². The highest BCUT2D eigenvalue weighted by atomic mass is 19.4. The molecule has 1 aliphatic rings. The summed E-state index contributed by atoms with van der Waals surface area (Å²) in [6, 6.07) is 7.68. The van der Waals surface area contributed by atoms with Crippen molar-refractivity contribution in [2.24, 2.45) is 0 Å². The lowest BCUT2D eigenvalue weighted by Crippen LogP contribution is -2.45. The van der Waals surface area contributed by atoms with E-state index in [1.165, 1.54) is 0 Å². The fourth-order valence-electron chi connectivity index (χ4n) is 3.89. The minimum atomic E-state index is -4.61. The Labute approximate surface area is 194 Å². The summed E-state index contributed by atoms with van der Waals surface area (Å²) in [6.45, 7) is 5.50. The molecule has 0 saturated carbocycles. The van der Waals surface area contributed by atoms with Gasteiger partial charge < -0.3 is 15.1 Å². The number of hydrogen-bond acceptors (Lipinski definition) is 5. The molecule has 2 heterocycles. The number of piperazine rings is 1. The highest BCUT2D eigenvalue weighted by Gasteiger charge is 2.31. The van der Waals surface area contributed by atoms with Crippen molar-refractivity contribution in [1.82, 2.24) is 14.9 Å². The Hall–Kier alpha value is -3.27. The molecule has 2 aromatic carbocycles. The maximum absolute atomic E-state index is 14.0. The minimum absolute atomic E-state index is 0.0140. The fraction of sp³-hybridized carbons (Fsp3) is 0.375. The molecule has 0 bridgehead atoms. The number of rotatable bonds is 5. The number of aromatic nitrogens is 2. The van der Waals surface area contributed by atoms with Gasteiger partial charge in [0.2, 0.25) is 11.9 Å². The van der Waals surface area contributed by atoms with Crippen LogP contribution in [0.3, 0.4) is 0 Å². The van der Waals surface area contributed by atoms with Crippen LogP contribution in [-0.4, -0.2) is 54.0 Å². The monoisotopic (exact) mass is 475 g/mol. The number of fused-ring (bicyclic) bond motifs is 1. The number of nitrogens with one attached hydrogen (secondary N) is 1. The Kier molecular flexibility index (Phi) is 6.70. The Morgan fingerprint density at radius 2 is 1.79 bits per heavy atom. The van der Waals surface area contributed by atoms with Gasteiger partial charge in [-0.3, -0.25) is 4.79 Å². The summed E-state index contributed by atoms with van der Waals surface area (Å²) < 4.78 is 52.1. The Morgan fingerprint density at radius 1 is 1.06 bits per heavy atom. The van der Waals surface area contributed by atoms with E-state index in [-0.39, 0.29) is 24.3 Å². The summed E-state index contributed by atoms with van der Waals surface area (Å²) >= 11 is 0. The second kappa shape index (κ2) is 9.54. The van der Waals surface area contributed by atoms with Crippen molar-refractivity contribution in [3.8, 4) is 0 Å². The summed E-state index contributed by atoms with van der Waals surface area (Å²) in [7, 11) is 2.08. The van der Waals surface area contributed by atoms with E-state index >= 15 is 0 Å². The van der Waals surface area contributed by atoms with Gasteiger partial charge in [0.25, 0.3) is 0 Å². The van der Waals surface area contributed by atoms with E-state index in [1.54, 1.807) is 12.1 Å². The summed E-state index contributed by atoms with van der Waals surface area (Å²) in [5, 5.41) is 3.57. The van der Waals surface area contributed by atoms with Crippen LogP contribution in [-0.2, 0) is 17.4 Å². The summed E-state index contributed by atoms with van der Waals surface area (Å²) in [5.41, 5.74) is 1.11. The molecule has 0 radical (unpaired) electrons. The smallest absolute Gasteiger partial charge is 0.338 e. The highest BCUT2D eigenvalue weighted by molar-refractivity contribution is 5.94. The molecule has 1 aliphatic heterocycles. The molecule has 0 aliphatic carbocycles. The standard InChI is InChI=1S/C24H25F4N5O/c1-15-19-14-18(6-7-21(19)31-23(29-15)33-11-9-32(2)10-12-33)30-22(34)8-4-16-3-5-17(13-20(16)25)24(26,27)28/h3,5-7,13-14H,4,8-12H2,1-2H3,(H,30,34). The zero-order valence-electron chi connectivity index (χ0n) is 18.9. The van der Waals surface area contributed by atoms with E-state index in [0.29, 0.717) is 17.7 Å². The van der Waals surface area contributed by atoms with Crippen molar-refractivity contribution in [1.29, 1.82) is 0 Å². The zero-order valence-corrected chi connectivity index (χ0v) is 18.9. The molecule has 1 N–H and O–H groups in total. The van der Waals surface area contributed by atoms with Gasteiger partial charge in [-0.05, 0) is 56.3 Å². The number of carbonyl (C=O) groups is 1. The molecule has 4 rings (SSSR count). The van der Waals surface area contributed by atoms with E-state index in [4.69, 9.17) is 0 Å². The first kappa shape index (κ1) is 23.9. The van der Waals surface area contributed by atoms with Crippen LogP contribution < -0.4 is 10.2 Å². The second-order valence-electron chi connectivity index (χ2n) is 8.48. The van der Waals surface area contributed by atoms with Crippen LogP contribution in [0.25, 0.3) is 10.9 Å². The molecule has 180 valence electrons. The number of anilines is 2. The Balaban J connectivity index is 1.41. The van der Waals surface area contributed by atoms with Crippen molar-refractivity contribution in [2.75, 3.05) is 43.4 Å². The number of halogens is 4. The third-order valence-electron chi connectivity index (χ3n) is 5.95. The van der Waals surface area contributed by atoms with Gasteiger partial charge in [-0.2, -0.15) is 13.2 Å². The average Bonchev–Trinajstić information content (AvgIpc) is 2.78. The highest BCUT2D eigenvalue weighted by Crippen LogP contribution is 2.30. The van der Waals surface area contributed by atoms with Crippen molar-refractivity contribution in [3.63, 3.8) is 0 Å². The maximum Gasteiger partial charge on any atom is 0.416 e. The molecular formula is C24H25F4N5O. The summed E-state index contributed by atoms with van der Waals surface area (Å²) in [4.78, 5) is 26.1. The van der Waals surface area contributed by atoms with Crippen LogP contribution >= 0.6 is 0 Å². The van der Waals surface area contributed by atoms with Gasteiger partial charge >= 0.3 is 6.18 Å². The summed E-state index contributed by atoms with van der Waals surface area (Å²) in [5.74, 6) is -0.656. The predicted octanol–water partition coefficient (Wildman–Crippen LogP) is 4.42. The molecule has 1 fully saturated rings. The van der Waals surface area contributed by atoms with Gasteiger partial charge in [-0.15, -0.1) is 0 Å². The Morgan fingerprint density at radius 3 is 2.47 bits per heavy atom. The first-order chi connectivity index (χ1) is 16.1. The lowest BCUT2D eigenvalue weighted by molar-refractivity contribution is -0.137. The van der Waals surface area contributed by atoms with E-state index in [0.717, 1.165) is 54.9 Å². The number of nitrogens with zero attached hydrogens (tertiary/aromatic N) is 4. The van der Waals surface area contributed by atoms with E-state index in [2.05, 4.69) is 32.1 Å². The third-order valence-corrected chi connectivity index (χ3v) is 5.95. The molecule has 1 saturated heterocycles. The Bertz CT molecular complexity index is 1210. The molecular weight excluding hydrogens is 450 g/mol. The van der Waals surface area contributed by atoms with Gasteiger partial charge in [0, 0.05) is 43.7 Å². The van der Waals surface area contributed by atoms with Crippen molar-refractivity contribution >= 4 is 28.4 Å². The molecule has 10 heteroatoms. The molecule has 34 heavy (non-hydrogen) atoms.